The summed E-state index contributed by atoms with van der Waals surface area (Å²) in [6, 6.07) is 0. The highest BCUT2D eigenvalue weighted by molar-refractivity contribution is 5.87. The van der Waals surface area contributed by atoms with Crippen LogP contribution < -0.4 is 5.32 Å². The van der Waals surface area contributed by atoms with E-state index in [4.69, 9.17) is 0 Å². The number of likely N-dealkylation sites (tertiary alicyclic amines) is 1. The second-order valence-electron chi connectivity index (χ2n) is 6.13. The molecule has 2 saturated heterocycles. The van der Waals surface area contributed by atoms with E-state index in [0.717, 1.165) is 38.8 Å². The van der Waals surface area contributed by atoms with Crippen molar-refractivity contribution in [3.05, 3.63) is 0 Å². The molecule has 2 aliphatic heterocycles. The third-order valence-corrected chi connectivity index (χ3v) is 4.78. The summed E-state index contributed by atoms with van der Waals surface area (Å²) in [6.45, 7) is 4.62. The average Bonchev–Trinajstić information content (AvgIpc) is 3.06. The summed E-state index contributed by atoms with van der Waals surface area (Å²) in [6.07, 6.45) is 5.28. The smallest absolute Gasteiger partial charge is 0.329 e. The average molecular weight is 282 g/mol. The minimum atomic E-state index is -0.931. The SMILES string of the molecule is CCCC1(C(=O)O)CCCN1C(=O)CCC1CCNC1. The van der Waals surface area contributed by atoms with Crippen LogP contribution in [0.5, 0.6) is 0 Å². The van der Waals surface area contributed by atoms with Gasteiger partial charge in [0, 0.05) is 13.0 Å². The van der Waals surface area contributed by atoms with Gasteiger partial charge in [0.15, 0.2) is 0 Å². The highest BCUT2D eigenvalue weighted by Crippen LogP contribution is 2.35. The number of amides is 1. The zero-order valence-corrected chi connectivity index (χ0v) is 12.4. The first-order valence-electron chi connectivity index (χ1n) is 7.84. The molecule has 0 spiro atoms. The van der Waals surface area contributed by atoms with Crippen molar-refractivity contribution in [2.24, 2.45) is 5.92 Å². The van der Waals surface area contributed by atoms with Gasteiger partial charge in [-0.2, -0.15) is 0 Å². The molecule has 5 heteroatoms. The van der Waals surface area contributed by atoms with Crippen molar-refractivity contribution in [2.45, 2.75) is 57.4 Å². The molecular formula is C15H26N2O3. The van der Waals surface area contributed by atoms with Gasteiger partial charge in [-0.25, -0.2) is 4.79 Å². The Morgan fingerprint density at radius 3 is 2.85 bits per heavy atom. The van der Waals surface area contributed by atoms with Crippen molar-refractivity contribution in [3.8, 4) is 0 Å². The van der Waals surface area contributed by atoms with Crippen molar-refractivity contribution < 1.29 is 14.7 Å². The second-order valence-corrected chi connectivity index (χ2v) is 6.13. The Morgan fingerprint density at radius 2 is 2.25 bits per heavy atom. The van der Waals surface area contributed by atoms with Gasteiger partial charge in [0.05, 0.1) is 0 Å². The van der Waals surface area contributed by atoms with E-state index in [2.05, 4.69) is 5.32 Å². The zero-order chi connectivity index (χ0) is 14.6. The fourth-order valence-electron chi connectivity index (χ4n) is 3.67. The van der Waals surface area contributed by atoms with Gasteiger partial charge in [-0.05, 0) is 51.1 Å². The molecule has 0 radical (unpaired) electrons. The summed E-state index contributed by atoms with van der Waals surface area (Å²) in [5.74, 6) is -0.218. The fourth-order valence-corrected chi connectivity index (χ4v) is 3.67. The van der Waals surface area contributed by atoms with Crippen LogP contribution in [0, 0.1) is 5.92 Å². The molecule has 114 valence electrons. The Labute approximate surface area is 120 Å². The summed E-state index contributed by atoms with van der Waals surface area (Å²) in [4.78, 5) is 25.8. The van der Waals surface area contributed by atoms with Gasteiger partial charge in [0.25, 0.3) is 0 Å². The van der Waals surface area contributed by atoms with Crippen LogP contribution >= 0.6 is 0 Å². The highest BCUT2D eigenvalue weighted by atomic mass is 16.4. The van der Waals surface area contributed by atoms with E-state index in [1.165, 1.54) is 0 Å². The van der Waals surface area contributed by atoms with E-state index < -0.39 is 11.5 Å². The number of aliphatic carboxylic acids is 1. The molecular weight excluding hydrogens is 256 g/mol. The molecule has 2 aliphatic rings. The molecule has 0 aromatic rings. The molecule has 2 rings (SSSR count). The van der Waals surface area contributed by atoms with Crippen LogP contribution in [0.4, 0.5) is 0 Å². The van der Waals surface area contributed by atoms with E-state index in [1.54, 1.807) is 4.90 Å². The maximum Gasteiger partial charge on any atom is 0.329 e. The topological polar surface area (TPSA) is 69.6 Å². The molecule has 2 heterocycles. The first-order valence-corrected chi connectivity index (χ1v) is 7.84. The van der Waals surface area contributed by atoms with Crippen LogP contribution in [0.15, 0.2) is 0 Å². The van der Waals surface area contributed by atoms with Crippen molar-refractivity contribution in [3.63, 3.8) is 0 Å². The minimum Gasteiger partial charge on any atom is -0.479 e. The zero-order valence-electron chi connectivity index (χ0n) is 12.4. The van der Waals surface area contributed by atoms with E-state index in [1.807, 2.05) is 6.92 Å². The molecule has 0 saturated carbocycles. The predicted molar refractivity (Wildman–Crippen MR) is 76.4 cm³/mol. The first kappa shape index (κ1) is 15.3. The maximum atomic E-state index is 12.4. The maximum absolute atomic E-state index is 12.4. The number of carboxylic acids is 1. The Bertz CT molecular complexity index is 366. The lowest BCUT2D eigenvalue weighted by Gasteiger charge is -2.35. The van der Waals surface area contributed by atoms with E-state index in [-0.39, 0.29) is 5.91 Å². The lowest BCUT2D eigenvalue weighted by atomic mass is 9.90. The molecule has 2 unspecified atom stereocenters. The normalized spacial score (nSPS) is 29.9. The molecule has 0 bridgehead atoms. The predicted octanol–water partition coefficient (Wildman–Crippen LogP) is 1.62. The summed E-state index contributed by atoms with van der Waals surface area (Å²) in [7, 11) is 0. The Balaban J connectivity index is 1.97. The number of carbonyl (C=O) groups is 2. The quantitative estimate of drug-likeness (QED) is 0.777. The molecule has 1 amide bonds. The molecule has 2 atom stereocenters. The third kappa shape index (κ3) is 2.97. The van der Waals surface area contributed by atoms with Gasteiger partial charge in [-0.3, -0.25) is 4.79 Å². The molecule has 20 heavy (non-hydrogen) atoms. The lowest BCUT2D eigenvalue weighted by molar-refractivity contribution is -0.157. The van der Waals surface area contributed by atoms with Crippen LogP contribution in [-0.2, 0) is 9.59 Å². The van der Waals surface area contributed by atoms with Gasteiger partial charge in [0.2, 0.25) is 5.91 Å². The van der Waals surface area contributed by atoms with Gasteiger partial charge < -0.3 is 15.3 Å². The fraction of sp³-hybridized carbons (Fsp3) is 0.867. The monoisotopic (exact) mass is 282 g/mol. The molecule has 0 aromatic heterocycles. The van der Waals surface area contributed by atoms with Crippen molar-refractivity contribution in [1.82, 2.24) is 10.2 Å². The largest absolute Gasteiger partial charge is 0.479 e. The first-order chi connectivity index (χ1) is 9.60. The number of rotatable bonds is 6. The lowest BCUT2D eigenvalue weighted by Crippen LogP contribution is -2.53. The van der Waals surface area contributed by atoms with Crippen LogP contribution in [0.1, 0.15) is 51.9 Å². The van der Waals surface area contributed by atoms with Crippen molar-refractivity contribution >= 4 is 11.9 Å². The number of nitrogens with one attached hydrogen (secondary N) is 1. The second kappa shape index (κ2) is 6.57. The van der Waals surface area contributed by atoms with E-state index in [0.29, 0.717) is 31.7 Å². The summed E-state index contributed by atoms with van der Waals surface area (Å²) >= 11 is 0. The third-order valence-electron chi connectivity index (χ3n) is 4.78. The van der Waals surface area contributed by atoms with E-state index >= 15 is 0 Å². The van der Waals surface area contributed by atoms with Crippen molar-refractivity contribution in [2.75, 3.05) is 19.6 Å². The molecule has 5 nitrogen and oxygen atoms in total. The molecule has 0 aromatic carbocycles. The van der Waals surface area contributed by atoms with E-state index in [9.17, 15) is 14.7 Å². The van der Waals surface area contributed by atoms with Gasteiger partial charge in [-0.15, -0.1) is 0 Å². The summed E-state index contributed by atoms with van der Waals surface area (Å²) < 4.78 is 0. The minimum absolute atomic E-state index is 0.0326. The van der Waals surface area contributed by atoms with Crippen LogP contribution in [0.25, 0.3) is 0 Å². The Hall–Kier alpha value is -1.10. The van der Waals surface area contributed by atoms with Crippen molar-refractivity contribution in [1.29, 1.82) is 0 Å². The van der Waals surface area contributed by atoms with Gasteiger partial charge in [-0.1, -0.05) is 13.3 Å². The van der Waals surface area contributed by atoms with Crippen LogP contribution in [0.2, 0.25) is 0 Å². The molecule has 2 N–H and O–H groups in total. The van der Waals surface area contributed by atoms with Gasteiger partial charge in [0.1, 0.15) is 5.54 Å². The number of nitrogens with zero attached hydrogens (tertiary/aromatic N) is 1. The highest BCUT2D eigenvalue weighted by Gasteiger charge is 2.48. The van der Waals surface area contributed by atoms with Gasteiger partial charge >= 0.3 is 5.97 Å². The number of carboxylic acid groups (broad SMARTS) is 1. The molecule has 2 fully saturated rings. The Kier molecular flexibility index (Phi) is 5.02. The van der Waals surface area contributed by atoms with Crippen LogP contribution in [0.3, 0.4) is 0 Å². The number of hydrogen-bond donors (Lipinski definition) is 2. The number of hydrogen-bond acceptors (Lipinski definition) is 3. The summed E-state index contributed by atoms with van der Waals surface area (Å²) in [5.41, 5.74) is -0.931. The summed E-state index contributed by atoms with van der Waals surface area (Å²) in [5, 5.41) is 12.9. The number of carbonyl (C=O) groups excluding carboxylic acids is 1. The van der Waals surface area contributed by atoms with Crippen LogP contribution in [-0.4, -0.2) is 47.1 Å². The molecule has 0 aliphatic carbocycles. The Morgan fingerprint density at radius 1 is 1.45 bits per heavy atom. The standard InChI is InChI=1S/C15H26N2O3/c1-2-7-15(14(19)20)8-3-10-17(15)13(18)5-4-12-6-9-16-11-12/h12,16H,2-11H2,1H3,(H,19,20).